The zero-order valence-corrected chi connectivity index (χ0v) is 13.8. The Labute approximate surface area is 132 Å². The third kappa shape index (κ3) is 4.49. The molecule has 0 saturated heterocycles. The van der Waals surface area contributed by atoms with Gasteiger partial charge in [0, 0.05) is 12.1 Å². The first-order valence-electron chi connectivity index (χ1n) is 7.32. The molecular weight excluding hydrogens is 280 g/mol. The number of allylic oxidation sites excluding steroid dienone is 1. The second kappa shape index (κ2) is 8.44. The van der Waals surface area contributed by atoms with Crippen molar-refractivity contribution < 1.29 is 14.3 Å². The van der Waals surface area contributed by atoms with Gasteiger partial charge < -0.3 is 20.5 Å². The predicted molar refractivity (Wildman–Crippen MR) is 88.1 cm³/mol. The molecule has 0 aliphatic rings. The maximum absolute atomic E-state index is 11.9. The fourth-order valence-corrected chi connectivity index (χ4v) is 2.13. The molecule has 0 saturated carbocycles. The number of carbonyl (C=O) groups is 1. The Morgan fingerprint density at radius 3 is 2.55 bits per heavy atom. The van der Waals surface area contributed by atoms with Crippen molar-refractivity contribution in [3.05, 3.63) is 35.9 Å². The van der Waals surface area contributed by atoms with Crippen molar-refractivity contribution in [3.63, 3.8) is 0 Å². The molecular formula is C17H26N2O3. The largest absolute Gasteiger partial charge is 0.493 e. The van der Waals surface area contributed by atoms with E-state index in [9.17, 15) is 4.79 Å². The molecule has 1 rings (SSSR count). The molecule has 0 aliphatic carbocycles. The van der Waals surface area contributed by atoms with Gasteiger partial charge >= 0.3 is 0 Å². The van der Waals surface area contributed by atoms with Crippen LogP contribution in [-0.4, -0.2) is 26.2 Å². The molecule has 5 nitrogen and oxygen atoms in total. The quantitative estimate of drug-likeness (QED) is 0.721. The number of carbonyl (C=O) groups excluding carboxylic acids is 1. The summed E-state index contributed by atoms with van der Waals surface area (Å²) in [5.74, 6) is 1.27. The molecule has 3 N–H and O–H groups in total. The summed E-state index contributed by atoms with van der Waals surface area (Å²) in [6.07, 6.45) is 2.46. The van der Waals surface area contributed by atoms with Crippen molar-refractivity contribution in [2.45, 2.75) is 32.9 Å². The number of amides is 1. The van der Waals surface area contributed by atoms with E-state index >= 15 is 0 Å². The molecule has 0 aliphatic heterocycles. The van der Waals surface area contributed by atoms with Crippen LogP contribution in [0.25, 0.3) is 0 Å². The third-order valence-corrected chi connectivity index (χ3v) is 3.47. The maximum atomic E-state index is 11.9. The van der Waals surface area contributed by atoms with E-state index in [2.05, 4.69) is 11.9 Å². The highest BCUT2D eigenvalue weighted by Crippen LogP contribution is 2.33. The Hall–Kier alpha value is -2.01. The number of nitrogens with one attached hydrogen (secondary N) is 1. The molecule has 1 aromatic rings. The lowest BCUT2D eigenvalue weighted by Crippen LogP contribution is -2.43. The molecule has 0 heterocycles. The molecule has 0 spiro atoms. The van der Waals surface area contributed by atoms with Gasteiger partial charge in [0.2, 0.25) is 5.91 Å². The molecule has 22 heavy (non-hydrogen) atoms. The minimum absolute atomic E-state index is 0.0988. The first-order valence-corrected chi connectivity index (χ1v) is 7.32. The molecule has 1 aromatic carbocycles. The Morgan fingerprint density at radius 1 is 1.36 bits per heavy atom. The zero-order chi connectivity index (χ0) is 16.7. The minimum atomic E-state index is -0.507. The van der Waals surface area contributed by atoms with Crippen molar-refractivity contribution in [2.75, 3.05) is 14.2 Å². The molecule has 0 bridgehead atoms. The maximum Gasteiger partial charge on any atom is 0.237 e. The van der Waals surface area contributed by atoms with Crippen molar-refractivity contribution in [1.82, 2.24) is 5.32 Å². The predicted octanol–water partition coefficient (Wildman–Crippen LogP) is 2.03. The SMILES string of the molecule is C=CCc1cc(CNC(=O)[C@@H](N)C(C)C)cc(OC)c1OC. The number of hydrogen-bond donors (Lipinski definition) is 2. The summed E-state index contributed by atoms with van der Waals surface area (Å²) in [5.41, 5.74) is 7.73. The van der Waals surface area contributed by atoms with E-state index in [-0.39, 0.29) is 11.8 Å². The molecule has 0 aromatic heterocycles. The Bertz CT molecular complexity index is 527. The van der Waals surface area contributed by atoms with Gasteiger partial charge in [-0.1, -0.05) is 19.9 Å². The van der Waals surface area contributed by atoms with Crippen LogP contribution in [0.5, 0.6) is 11.5 Å². The average Bonchev–Trinajstić information content (AvgIpc) is 2.51. The number of hydrogen-bond acceptors (Lipinski definition) is 4. The highest BCUT2D eigenvalue weighted by Gasteiger charge is 2.17. The van der Waals surface area contributed by atoms with Gasteiger partial charge in [0.15, 0.2) is 11.5 Å². The van der Waals surface area contributed by atoms with Gasteiger partial charge in [0.1, 0.15) is 0 Å². The van der Waals surface area contributed by atoms with Crippen LogP contribution in [0.3, 0.4) is 0 Å². The molecule has 1 atom stereocenters. The fraction of sp³-hybridized carbons (Fsp3) is 0.471. The fourth-order valence-electron chi connectivity index (χ4n) is 2.13. The van der Waals surface area contributed by atoms with Crippen molar-refractivity contribution in [2.24, 2.45) is 11.7 Å². The zero-order valence-electron chi connectivity index (χ0n) is 13.8. The normalized spacial score (nSPS) is 11.9. The Balaban J connectivity index is 2.93. The van der Waals surface area contributed by atoms with Crippen molar-refractivity contribution >= 4 is 5.91 Å². The second-order valence-electron chi connectivity index (χ2n) is 5.47. The van der Waals surface area contributed by atoms with E-state index < -0.39 is 6.04 Å². The van der Waals surface area contributed by atoms with E-state index in [0.717, 1.165) is 11.1 Å². The smallest absolute Gasteiger partial charge is 0.237 e. The lowest BCUT2D eigenvalue weighted by atomic mass is 10.0. The van der Waals surface area contributed by atoms with Crippen LogP contribution in [0.4, 0.5) is 0 Å². The monoisotopic (exact) mass is 306 g/mol. The third-order valence-electron chi connectivity index (χ3n) is 3.47. The van der Waals surface area contributed by atoms with E-state index in [1.54, 1.807) is 20.3 Å². The summed E-state index contributed by atoms with van der Waals surface area (Å²) in [4.78, 5) is 11.9. The Kier molecular flexibility index (Phi) is 6.92. The molecule has 0 radical (unpaired) electrons. The van der Waals surface area contributed by atoms with Gasteiger partial charge in [-0.2, -0.15) is 0 Å². The highest BCUT2D eigenvalue weighted by atomic mass is 16.5. The summed E-state index contributed by atoms with van der Waals surface area (Å²) in [5, 5.41) is 2.85. The first-order chi connectivity index (χ1) is 10.4. The van der Waals surface area contributed by atoms with Gasteiger partial charge in [-0.15, -0.1) is 6.58 Å². The van der Waals surface area contributed by atoms with Crippen LogP contribution < -0.4 is 20.5 Å². The number of benzene rings is 1. The minimum Gasteiger partial charge on any atom is -0.493 e. The molecule has 0 unspecified atom stereocenters. The summed E-state index contributed by atoms with van der Waals surface area (Å²) >= 11 is 0. The van der Waals surface area contributed by atoms with Crippen LogP contribution in [0.2, 0.25) is 0 Å². The lowest BCUT2D eigenvalue weighted by molar-refractivity contribution is -0.123. The number of nitrogens with two attached hydrogens (primary N) is 1. The van der Waals surface area contributed by atoms with Gasteiger partial charge in [-0.05, 0) is 30.0 Å². The standard InChI is InChI=1S/C17H26N2O3/c1-6-7-13-8-12(9-14(21-4)16(13)22-5)10-19-17(20)15(18)11(2)3/h6,8-9,11,15H,1,7,10,18H2,2-5H3,(H,19,20)/t15-/m0/s1. The summed E-state index contributed by atoms with van der Waals surface area (Å²) in [7, 11) is 3.19. The molecule has 122 valence electrons. The van der Waals surface area contributed by atoms with Crippen LogP contribution in [0.15, 0.2) is 24.8 Å². The first kappa shape index (κ1) is 18.0. The number of ether oxygens (including phenoxy) is 2. The molecule has 1 amide bonds. The second-order valence-corrected chi connectivity index (χ2v) is 5.47. The number of methoxy groups -OCH3 is 2. The highest BCUT2D eigenvalue weighted by molar-refractivity contribution is 5.81. The topological polar surface area (TPSA) is 73.6 Å². The van der Waals surface area contributed by atoms with Crippen LogP contribution in [0, 0.1) is 5.92 Å². The summed E-state index contributed by atoms with van der Waals surface area (Å²) in [6, 6.07) is 3.32. The van der Waals surface area contributed by atoms with Crippen LogP contribution >= 0.6 is 0 Å². The van der Waals surface area contributed by atoms with Crippen molar-refractivity contribution in [3.8, 4) is 11.5 Å². The van der Waals surface area contributed by atoms with E-state index in [1.165, 1.54) is 0 Å². The lowest BCUT2D eigenvalue weighted by Gasteiger charge is -2.17. The average molecular weight is 306 g/mol. The van der Waals surface area contributed by atoms with Crippen molar-refractivity contribution in [1.29, 1.82) is 0 Å². The summed E-state index contributed by atoms with van der Waals surface area (Å²) < 4.78 is 10.7. The van der Waals surface area contributed by atoms with Gasteiger partial charge in [0.05, 0.1) is 20.3 Å². The molecule has 0 fully saturated rings. The van der Waals surface area contributed by atoms with E-state index in [1.807, 2.05) is 26.0 Å². The van der Waals surface area contributed by atoms with Gasteiger partial charge in [0.25, 0.3) is 0 Å². The van der Waals surface area contributed by atoms with Gasteiger partial charge in [-0.3, -0.25) is 4.79 Å². The van der Waals surface area contributed by atoms with Crippen LogP contribution in [0.1, 0.15) is 25.0 Å². The molecule has 5 heteroatoms. The number of rotatable bonds is 8. The van der Waals surface area contributed by atoms with Crippen LogP contribution in [-0.2, 0) is 17.8 Å². The van der Waals surface area contributed by atoms with E-state index in [4.69, 9.17) is 15.2 Å². The van der Waals surface area contributed by atoms with E-state index in [0.29, 0.717) is 24.5 Å². The summed E-state index contributed by atoms with van der Waals surface area (Å²) in [6.45, 7) is 7.98. The van der Waals surface area contributed by atoms with Gasteiger partial charge in [-0.25, -0.2) is 0 Å². The Morgan fingerprint density at radius 2 is 2.05 bits per heavy atom.